The van der Waals surface area contributed by atoms with Gasteiger partial charge in [0.05, 0.1) is 13.2 Å². The van der Waals surface area contributed by atoms with Crippen molar-refractivity contribution in [1.82, 2.24) is 0 Å². The fourth-order valence-electron chi connectivity index (χ4n) is 1.90. The SMILES string of the molecule is C(=C\COCc1ccccc1)/CCc1ccccc1. The molecule has 0 saturated heterocycles. The smallest absolute Gasteiger partial charge is 0.0721 e. The monoisotopic (exact) mass is 252 g/mol. The average molecular weight is 252 g/mol. The van der Waals surface area contributed by atoms with Gasteiger partial charge in [0.1, 0.15) is 0 Å². The van der Waals surface area contributed by atoms with Gasteiger partial charge in [-0.3, -0.25) is 0 Å². The maximum atomic E-state index is 5.59. The van der Waals surface area contributed by atoms with Crippen LogP contribution in [0.5, 0.6) is 0 Å². The molecular formula is C18H20O. The highest BCUT2D eigenvalue weighted by molar-refractivity contribution is 5.15. The van der Waals surface area contributed by atoms with Gasteiger partial charge >= 0.3 is 0 Å². The second-order valence-corrected chi connectivity index (χ2v) is 4.50. The van der Waals surface area contributed by atoms with Gasteiger partial charge in [0.25, 0.3) is 0 Å². The van der Waals surface area contributed by atoms with E-state index in [0.717, 1.165) is 12.8 Å². The van der Waals surface area contributed by atoms with E-state index in [1.165, 1.54) is 11.1 Å². The summed E-state index contributed by atoms with van der Waals surface area (Å²) in [4.78, 5) is 0. The summed E-state index contributed by atoms with van der Waals surface area (Å²) in [6.07, 6.45) is 6.46. The third kappa shape index (κ3) is 5.54. The van der Waals surface area contributed by atoms with Gasteiger partial charge in [-0.05, 0) is 24.0 Å². The molecule has 0 heterocycles. The summed E-state index contributed by atoms with van der Waals surface area (Å²) >= 11 is 0. The summed E-state index contributed by atoms with van der Waals surface area (Å²) in [5, 5.41) is 0. The van der Waals surface area contributed by atoms with E-state index in [1.807, 2.05) is 18.2 Å². The van der Waals surface area contributed by atoms with E-state index >= 15 is 0 Å². The lowest BCUT2D eigenvalue weighted by atomic mass is 10.1. The summed E-state index contributed by atoms with van der Waals surface area (Å²) in [5.74, 6) is 0. The molecule has 0 bridgehead atoms. The average Bonchev–Trinajstić information content (AvgIpc) is 2.48. The van der Waals surface area contributed by atoms with E-state index in [2.05, 4.69) is 54.6 Å². The quantitative estimate of drug-likeness (QED) is 0.524. The zero-order chi connectivity index (χ0) is 13.2. The van der Waals surface area contributed by atoms with Crippen molar-refractivity contribution in [2.45, 2.75) is 19.4 Å². The first-order chi connectivity index (χ1) is 9.45. The van der Waals surface area contributed by atoms with E-state index in [0.29, 0.717) is 13.2 Å². The number of hydrogen-bond acceptors (Lipinski definition) is 1. The molecule has 0 aliphatic rings. The van der Waals surface area contributed by atoms with Crippen LogP contribution in [0.15, 0.2) is 72.8 Å². The number of benzene rings is 2. The van der Waals surface area contributed by atoms with Crippen LogP contribution < -0.4 is 0 Å². The van der Waals surface area contributed by atoms with Gasteiger partial charge in [-0.25, -0.2) is 0 Å². The van der Waals surface area contributed by atoms with Crippen LogP contribution in [0.3, 0.4) is 0 Å². The Hall–Kier alpha value is -1.86. The van der Waals surface area contributed by atoms with Gasteiger partial charge in [-0.2, -0.15) is 0 Å². The van der Waals surface area contributed by atoms with Crippen LogP contribution in [-0.2, 0) is 17.8 Å². The maximum Gasteiger partial charge on any atom is 0.0721 e. The molecule has 98 valence electrons. The molecule has 1 heteroatoms. The Morgan fingerprint density at radius 2 is 1.37 bits per heavy atom. The van der Waals surface area contributed by atoms with Crippen molar-refractivity contribution >= 4 is 0 Å². The summed E-state index contributed by atoms with van der Waals surface area (Å²) in [7, 11) is 0. The Kier molecular flexibility index (Phi) is 5.91. The molecule has 2 aromatic rings. The normalized spacial score (nSPS) is 10.9. The van der Waals surface area contributed by atoms with Gasteiger partial charge in [-0.15, -0.1) is 0 Å². The molecule has 0 N–H and O–H groups in total. The molecule has 2 rings (SSSR count). The predicted octanol–water partition coefficient (Wildman–Crippen LogP) is 4.39. The highest BCUT2D eigenvalue weighted by Gasteiger charge is 1.90. The highest BCUT2D eigenvalue weighted by Crippen LogP contribution is 2.03. The first-order valence-corrected chi connectivity index (χ1v) is 6.76. The summed E-state index contributed by atoms with van der Waals surface area (Å²) in [5.41, 5.74) is 2.61. The van der Waals surface area contributed by atoms with Crippen LogP contribution in [0.25, 0.3) is 0 Å². The molecule has 19 heavy (non-hydrogen) atoms. The van der Waals surface area contributed by atoms with Gasteiger partial charge in [0.15, 0.2) is 0 Å². The minimum atomic E-state index is 0.684. The number of hydrogen-bond donors (Lipinski definition) is 0. The number of rotatable bonds is 7. The van der Waals surface area contributed by atoms with Crippen LogP contribution in [0.4, 0.5) is 0 Å². The minimum Gasteiger partial charge on any atom is -0.373 e. The van der Waals surface area contributed by atoms with Crippen molar-refractivity contribution in [2.24, 2.45) is 0 Å². The first kappa shape index (κ1) is 13.6. The molecule has 0 saturated carbocycles. The fourth-order valence-corrected chi connectivity index (χ4v) is 1.90. The predicted molar refractivity (Wildman–Crippen MR) is 80.0 cm³/mol. The van der Waals surface area contributed by atoms with Crippen LogP contribution >= 0.6 is 0 Å². The van der Waals surface area contributed by atoms with Crippen molar-refractivity contribution in [2.75, 3.05) is 6.61 Å². The lowest BCUT2D eigenvalue weighted by Gasteiger charge is -2.01. The van der Waals surface area contributed by atoms with Crippen molar-refractivity contribution in [3.63, 3.8) is 0 Å². The lowest BCUT2D eigenvalue weighted by Crippen LogP contribution is -1.92. The van der Waals surface area contributed by atoms with E-state index in [9.17, 15) is 0 Å². The molecule has 0 aliphatic heterocycles. The second kappa shape index (κ2) is 8.28. The third-order valence-corrected chi connectivity index (χ3v) is 2.93. The van der Waals surface area contributed by atoms with Crippen molar-refractivity contribution < 1.29 is 4.74 Å². The highest BCUT2D eigenvalue weighted by atomic mass is 16.5. The van der Waals surface area contributed by atoms with Crippen molar-refractivity contribution in [1.29, 1.82) is 0 Å². The van der Waals surface area contributed by atoms with E-state index in [-0.39, 0.29) is 0 Å². The lowest BCUT2D eigenvalue weighted by molar-refractivity contribution is 0.148. The molecule has 0 radical (unpaired) electrons. The van der Waals surface area contributed by atoms with Gasteiger partial charge in [0, 0.05) is 0 Å². The maximum absolute atomic E-state index is 5.59. The van der Waals surface area contributed by atoms with Gasteiger partial charge in [-0.1, -0.05) is 72.8 Å². The summed E-state index contributed by atoms with van der Waals surface area (Å²) in [6.45, 7) is 1.37. The first-order valence-electron chi connectivity index (χ1n) is 6.76. The van der Waals surface area contributed by atoms with E-state index in [1.54, 1.807) is 0 Å². The topological polar surface area (TPSA) is 9.23 Å². The minimum absolute atomic E-state index is 0.684. The molecule has 0 aliphatic carbocycles. The third-order valence-electron chi connectivity index (χ3n) is 2.93. The Morgan fingerprint density at radius 1 is 0.737 bits per heavy atom. The second-order valence-electron chi connectivity index (χ2n) is 4.50. The molecular weight excluding hydrogens is 232 g/mol. The van der Waals surface area contributed by atoms with E-state index < -0.39 is 0 Å². The fraction of sp³-hybridized carbons (Fsp3) is 0.222. The summed E-state index contributed by atoms with van der Waals surface area (Å²) < 4.78 is 5.59. The molecule has 0 amide bonds. The number of ether oxygens (including phenoxy) is 1. The zero-order valence-electron chi connectivity index (χ0n) is 11.2. The number of aryl methyl sites for hydroxylation is 1. The Bertz CT molecular complexity index is 474. The molecule has 1 nitrogen and oxygen atoms in total. The molecule has 0 atom stereocenters. The molecule has 2 aromatic carbocycles. The molecule has 0 fully saturated rings. The van der Waals surface area contributed by atoms with Crippen LogP contribution in [0, 0.1) is 0 Å². The Labute approximate surface area is 115 Å². The van der Waals surface area contributed by atoms with Gasteiger partial charge < -0.3 is 4.74 Å². The van der Waals surface area contributed by atoms with Gasteiger partial charge in [0.2, 0.25) is 0 Å². The van der Waals surface area contributed by atoms with Crippen LogP contribution in [0.2, 0.25) is 0 Å². The zero-order valence-corrected chi connectivity index (χ0v) is 11.2. The molecule has 0 unspecified atom stereocenters. The van der Waals surface area contributed by atoms with E-state index in [4.69, 9.17) is 4.74 Å². The van der Waals surface area contributed by atoms with Crippen LogP contribution in [0.1, 0.15) is 17.5 Å². The van der Waals surface area contributed by atoms with Crippen molar-refractivity contribution in [3.8, 4) is 0 Å². The largest absolute Gasteiger partial charge is 0.373 e. The number of allylic oxidation sites excluding steroid dienone is 1. The molecule has 0 spiro atoms. The molecule has 0 aromatic heterocycles. The van der Waals surface area contributed by atoms with Crippen molar-refractivity contribution in [3.05, 3.63) is 83.9 Å². The van der Waals surface area contributed by atoms with Crippen LogP contribution in [-0.4, -0.2) is 6.61 Å². The standard InChI is InChI=1S/C18H20O/c1-4-10-17(11-5-1)12-8-3-9-15-19-16-18-13-6-2-7-14-18/h1-7,9-11,13-14H,8,12,15-16H2/b9-3+. The Balaban J connectivity index is 1.57. The summed E-state index contributed by atoms with van der Waals surface area (Å²) in [6, 6.07) is 20.8. The Morgan fingerprint density at radius 3 is 2.05 bits per heavy atom.